The number of hydrogen-bond donors (Lipinski definition) is 2. The molecule has 2 aromatic heterocycles. The lowest BCUT2D eigenvalue weighted by Gasteiger charge is -2.23. The lowest BCUT2D eigenvalue weighted by atomic mass is 9.99. The van der Waals surface area contributed by atoms with Gasteiger partial charge in [0, 0.05) is 42.1 Å². The molecule has 3 heterocycles. The number of carboxylic acid groups (broad SMARTS) is 1. The molecule has 226 valence electrons. The van der Waals surface area contributed by atoms with Gasteiger partial charge in [-0.25, -0.2) is 27.9 Å². The van der Waals surface area contributed by atoms with E-state index in [1.54, 1.807) is 18.2 Å². The second kappa shape index (κ2) is 11.1. The molecule has 1 spiro atoms. The van der Waals surface area contributed by atoms with E-state index >= 15 is 8.78 Å². The van der Waals surface area contributed by atoms with Gasteiger partial charge in [0.15, 0.2) is 0 Å². The molecule has 1 saturated heterocycles. The Kier molecular flexibility index (Phi) is 7.01. The molecule has 11 heteroatoms. The summed E-state index contributed by atoms with van der Waals surface area (Å²) in [7, 11) is 0. The zero-order valence-corrected chi connectivity index (χ0v) is 23.9. The van der Waals surface area contributed by atoms with E-state index < -0.39 is 23.4 Å². The number of nitrogens with zero attached hydrogens (tertiary/aromatic N) is 4. The van der Waals surface area contributed by atoms with Gasteiger partial charge in [0.05, 0.1) is 40.0 Å². The van der Waals surface area contributed by atoms with Gasteiger partial charge in [0.1, 0.15) is 29.9 Å². The van der Waals surface area contributed by atoms with Crippen LogP contribution in [0.5, 0.6) is 5.88 Å². The summed E-state index contributed by atoms with van der Waals surface area (Å²) >= 11 is 0. The fourth-order valence-corrected chi connectivity index (χ4v) is 6.20. The van der Waals surface area contributed by atoms with Crippen LogP contribution in [0.1, 0.15) is 51.8 Å². The van der Waals surface area contributed by atoms with E-state index in [0.29, 0.717) is 23.4 Å². The lowest BCUT2D eigenvalue weighted by Crippen LogP contribution is -2.21. The molecule has 0 bridgehead atoms. The second-order valence-corrected chi connectivity index (χ2v) is 11.6. The minimum atomic E-state index is -1.05. The highest BCUT2D eigenvalue weighted by molar-refractivity contribution is 5.92. The van der Waals surface area contributed by atoms with E-state index in [4.69, 9.17) is 15.0 Å². The summed E-state index contributed by atoms with van der Waals surface area (Å²) in [5.41, 5.74) is 2.00. The first-order valence-electron chi connectivity index (χ1n) is 14.5. The van der Waals surface area contributed by atoms with Crippen molar-refractivity contribution in [1.29, 1.82) is 5.26 Å². The topological polar surface area (TPSA) is 113 Å². The standard InChI is InChI=1S/C34H26F3N5O3/c35-24-10-19(15-38)4-5-21(24)17-45-32-3-1-2-27(41-32)23-14-25(36)22(11-26(23)37)13-31-40-28-7-6-20(33(43)44)12-29(28)42(31)30-16-39-18-34(30)8-9-34/h1-7,10-12,14,30,39H,8-9,13,16-18H2,(H,43,44)/t30-/m0/s1. The van der Waals surface area contributed by atoms with E-state index in [1.165, 1.54) is 30.3 Å². The number of ether oxygens (including phenoxy) is 1. The summed E-state index contributed by atoms with van der Waals surface area (Å²) in [5, 5.41) is 22.0. The minimum Gasteiger partial charge on any atom is -0.478 e. The number of nitriles is 1. The summed E-state index contributed by atoms with van der Waals surface area (Å²) in [6, 6.07) is 17.5. The van der Waals surface area contributed by atoms with Gasteiger partial charge in [0.25, 0.3) is 0 Å². The molecule has 1 saturated carbocycles. The molecule has 0 unspecified atom stereocenters. The van der Waals surface area contributed by atoms with Crippen molar-refractivity contribution in [2.75, 3.05) is 13.1 Å². The van der Waals surface area contributed by atoms with E-state index in [2.05, 4.69) is 10.3 Å². The number of carboxylic acids is 1. The number of hydrogen-bond acceptors (Lipinski definition) is 6. The number of imidazole rings is 1. The number of benzene rings is 3. The third-order valence-electron chi connectivity index (χ3n) is 8.78. The molecule has 5 aromatic rings. The van der Waals surface area contributed by atoms with Crippen LogP contribution in [0.15, 0.2) is 66.7 Å². The van der Waals surface area contributed by atoms with Gasteiger partial charge in [0.2, 0.25) is 5.88 Å². The first kappa shape index (κ1) is 28.6. The van der Waals surface area contributed by atoms with Crippen LogP contribution in [-0.4, -0.2) is 38.7 Å². The third-order valence-corrected chi connectivity index (χ3v) is 8.78. The molecule has 0 radical (unpaired) electrons. The fraction of sp³-hybridized carbons (Fsp3) is 0.235. The Morgan fingerprint density at radius 3 is 2.60 bits per heavy atom. The number of halogens is 3. The van der Waals surface area contributed by atoms with Gasteiger partial charge < -0.3 is 19.7 Å². The molecule has 2 N–H and O–H groups in total. The maximum atomic E-state index is 15.7. The second-order valence-electron chi connectivity index (χ2n) is 11.6. The van der Waals surface area contributed by atoms with E-state index in [9.17, 15) is 14.3 Å². The Hall–Kier alpha value is -5.21. The first-order chi connectivity index (χ1) is 21.7. The van der Waals surface area contributed by atoms with Crippen LogP contribution >= 0.6 is 0 Å². The molecular weight excluding hydrogens is 583 g/mol. The zero-order chi connectivity index (χ0) is 31.3. The SMILES string of the molecule is N#Cc1ccc(COc2cccc(-c3cc(F)c(Cc4nc5ccc(C(=O)O)cc5n4[C@H]4CNCC45CC5)cc3F)n2)c(F)c1. The highest BCUT2D eigenvalue weighted by Gasteiger charge is 2.53. The number of rotatable bonds is 8. The summed E-state index contributed by atoms with van der Waals surface area (Å²) in [6.45, 7) is 1.34. The maximum Gasteiger partial charge on any atom is 0.335 e. The Morgan fingerprint density at radius 2 is 1.84 bits per heavy atom. The molecule has 1 aliphatic carbocycles. The molecule has 2 aliphatic rings. The van der Waals surface area contributed by atoms with E-state index in [-0.39, 0.29) is 63.9 Å². The largest absolute Gasteiger partial charge is 0.478 e. The summed E-state index contributed by atoms with van der Waals surface area (Å²) in [4.78, 5) is 20.8. The molecule has 2 fully saturated rings. The van der Waals surface area contributed by atoms with Gasteiger partial charge in [-0.1, -0.05) is 12.1 Å². The summed E-state index contributed by atoms with van der Waals surface area (Å²) in [5.74, 6) is -2.36. The smallest absolute Gasteiger partial charge is 0.335 e. The molecule has 7 rings (SSSR count). The van der Waals surface area contributed by atoms with Crippen LogP contribution in [0, 0.1) is 34.2 Å². The molecular formula is C34H26F3N5O3. The van der Waals surface area contributed by atoms with Crippen molar-refractivity contribution in [1.82, 2.24) is 19.9 Å². The van der Waals surface area contributed by atoms with Crippen LogP contribution in [0.4, 0.5) is 13.2 Å². The highest BCUT2D eigenvalue weighted by atomic mass is 19.1. The predicted octanol–water partition coefficient (Wildman–Crippen LogP) is 6.18. The van der Waals surface area contributed by atoms with Crippen LogP contribution in [0.2, 0.25) is 0 Å². The van der Waals surface area contributed by atoms with Crippen molar-refractivity contribution in [3.05, 3.63) is 112 Å². The molecule has 8 nitrogen and oxygen atoms in total. The van der Waals surface area contributed by atoms with Crippen molar-refractivity contribution in [3.8, 4) is 23.2 Å². The normalized spacial score (nSPS) is 16.6. The quantitative estimate of drug-likeness (QED) is 0.216. The van der Waals surface area contributed by atoms with Crippen molar-refractivity contribution < 1.29 is 27.8 Å². The van der Waals surface area contributed by atoms with Crippen LogP contribution < -0.4 is 10.1 Å². The number of aromatic carboxylic acids is 1. The Labute approximate surface area is 255 Å². The Balaban J connectivity index is 1.18. The molecule has 1 atom stereocenters. The van der Waals surface area contributed by atoms with Gasteiger partial charge >= 0.3 is 5.97 Å². The van der Waals surface area contributed by atoms with Crippen molar-refractivity contribution in [2.45, 2.75) is 31.9 Å². The highest BCUT2D eigenvalue weighted by Crippen LogP contribution is 2.56. The number of nitrogens with one attached hydrogen (secondary N) is 1. The summed E-state index contributed by atoms with van der Waals surface area (Å²) < 4.78 is 53.1. The van der Waals surface area contributed by atoms with E-state index in [1.807, 2.05) is 10.6 Å². The monoisotopic (exact) mass is 609 g/mol. The number of aromatic nitrogens is 3. The predicted molar refractivity (Wildman–Crippen MR) is 158 cm³/mol. The Morgan fingerprint density at radius 1 is 1.02 bits per heavy atom. The van der Waals surface area contributed by atoms with Gasteiger partial charge in [-0.3, -0.25) is 0 Å². The number of pyridine rings is 1. The van der Waals surface area contributed by atoms with Crippen LogP contribution in [0.25, 0.3) is 22.3 Å². The van der Waals surface area contributed by atoms with E-state index in [0.717, 1.165) is 37.6 Å². The molecule has 3 aromatic carbocycles. The maximum absolute atomic E-state index is 15.7. The first-order valence-corrected chi connectivity index (χ1v) is 14.5. The minimum absolute atomic E-state index is 0.000563. The zero-order valence-electron chi connectivity index (χ0n) is 23.9. The summed E-state index contributed by atoms with van der Waals surface area (Å²) in [6.07, 6.45) is 2.05. The lowest BCUT2D eigenvalue weighted by molar-refractivity contribution is 0.0697. The van der Waals surface area contributed by atoms with Gasteiger partial charge in [-0.15, -0.1) is 0 Å². The van der Waals surface area contributed by atoms with Gasteiger partial charge in [-0.2, -0.15) is 5.26 Å². The van der Waals surface area contributed by atoms with Crippen molar-refractivity contribution in [2.24, 2.45) is 5.41 Å². The van der Waals surface area contributed by atoms with Gasteiger partial charge in [-0.05, 0) is 66.9 Å². The van der Waals surface area contributed by atoms with Crippen molar-refractivity contribution >= 4 is 17.0 Å². The van der Waals surface area contributed by atoms with Crippen molar-refractivity contribution in [3.63, 3.8) is 0 Å². The average Bonchev–Trinajstić information content (AvgIpc) is 3.57. The molecule has 0 amide bonds. The number of fused-ring (bicyclic) bond motifs is 1. The average molecular weight is 610 g/mol. The van der Waals surface area contributed by atoms with Crippen LogP contribution in [-0.2, 0) is 13.0 Å². The van der Waals surface area contributed by atoms with Crippen LogP contribution in [0.3, 0.4) is 0 Å². The number of carbonyl (C=O) groups is 1. The molecule has 1 aliphatic heterocycles. The molecule has 45 heavy (non-hydrogen) atoms. The fourth-order valence-electron chi connectivity index (χ4n) is 6.20. The third kappa shape index (κ3) is 5.27. The Bertz CT molecular complexity index is 2030.